The van der Waals surface area contributed by atoms with Gasteiger partial charge in [-0.25, -0.2) is 4.39 Å². The van der Waals surface area contributed by atoms with Crippen molar-refractivity contribution in [3.05, 3.63) is 41.9 Å². The molecule has 2 N–H and O–H groups in total. The van der Waals surface area contributed by atoms with Gasteiger partial charge in [-0.05, 0) is 37.8 Å². The molecule has 0 fully saturated rings. The number of carbonyl (C=O) groups excluding carboxylic acids is 1. The van der Waals surface area contributed by atoms with Crippen LogP contribution in [0.1, 0.15) is 32.1 Å². The van der Waals surface area contributed by atoms with E-state index in [-0.39, 0.29) is 18.3 Å². The van der Waals surface area contributed by atoms with Crippen LogP contribution in [0.5, 0.6) is 5.75 Å². The number of ether oxygens (including phenoxy) is 1. The first-order valence-electron chi connectivity index (χ1n) is 6.87. The van der Waals surface area contributed by atoms with Gasteiger partial charge in [0.2, 0.25) is 0 Å². The maximum atomic E-state index is 13.3. The van der Waals surface area contributed by atoms with Crippen LogP contribution in [0.3, 0.4) is 0 Å². The van der Waals surface area contributed by atoms with Gasteiger partial charge in [0.15, 0.2) is 18.2 Å². The molecular formula is C15H19FN2O2. The molecule has 2 rings (SSSR count). The number of allylic oxidation sites excluding steroid dienone is 2. The standard InChI is InChI=1S/C15H19FN2O2/c16-13-9-5-6-10-14(13)20-11-15(19)18-17-12-7-3-1-2-4-8-12/h5-7,9-10,17H,1-4,8,11H2,(H,18,19). The van der Waals surface area contributed by atoms with E-state index in [4.69, 9.17) is 4.74 Å². The Kier molecular flexibility index (Phi) is 5.41. The molecule has 4 nitrogen and oxygen atoms in total. The number of amides is 1. The molecule has 0 radical (unpaired) electrons. The van der Waals surface area contributed by atoms with Crippen molar-refractivity contribution in [1.29, 1.82) is 0 Å². The van der Waals surface area contributed by atoms with Gasteiger partial charge in [0.25, 0.3) is 5.91 Å². The number of rotatable bonds is 5. The number of para-hydroxylation sites is 1. The fourth-order valence-corrected chi connectivity index (χ4v) is 2.02. The lowest BCUT2D eigenvalue weighted by Crippen LogP contribution is -2.39. The summed E-state index contributed by atoms with van der Waals surface area (Å²) in [6, 6.07) is 6.01. The molecule has 0 heterocycles. The summed E-state index contributed by atoms with van der Waals surface area (Å²) in [4.78, 5) is 11.6. The van der Waals surface area contributed by atoms with Crippen LogP contribution in [0.4, 0.5) is 4.39 Å². The second-order valence-electron chi connectivity index (χ2n) is 4.72. The van der Waals surface area contributed by atoms with E-state index >= 15 is 0 Å². The molecule has 1 aliphatic rings. The lowest BCUT2D eigenvalue weighted by atomic mass is 10.2. The van der Waals surface area contributed by atoms with Crippen molar-refractivity contribution < 1.29 is 13.9 Å². The molecule has 5 heteroatoms. The third-order valence-corrected chi connectivity index (χ3v) is 3.10. The molecule has 0 spiro atoms. The maximum Gasteiger partial charge on any atom is 0.276 e. The molecule has 108 valence electrons. The van der Waals surface area contributed by atoms with E-state index in [2.05, 4.69) is 16.9 Å². The summed E-state index contributed by atoms with van der Waals surface area (Å²) in [7, 11) is 0. The average Bonchev–Trinajstić information content (AvgIpc) is 2.73. The fourth-order valence-electron chi connectivity index (χ4n) is 2.02. The lowest BCUT2D eigenvalue weighted by molar-refractivity contribution is -0.123. The molecule has 0 unspecified atom stereocenters. The van der Waals surface area contributed by atoms with Crippen LogP contribution in [0.2, 0.25) is 0 Å². The first-order chi connectivity index (χ1) is 9.75. The highest BCUT2D eigenvalue weighted by Crippen LogP contribution is 2.15. The van der Waals surface area contributed by atoms with Crippen LogP contribution in [0.15, 0.2) is 36.0 Å². The molecule has 0 aromatic heterocycles. The largest absolute Gasteiger partial charge is 0.481 e. The normalized spacial score (nSPS) is 14.9. The van der Waals surface area contributed by atoms with Gasteiger partial charge in [-0.15, -0.1) is 0 Å². The highest BCUT2D eigenvalue weighted by molar-refractivity contribution is 5.77. The van der Waals surface area contributed by atoms with E-state index in [0.29, 0.717) is 0 Å². The average molecular weight is 278 g/mol. The molecule has 1 aromatic carbocycles. The quantitative estimate of drug-likeness (QED) is 0.814. The first-order valence-corrected chi connectivity index (χ1v) is 6.87. The van der Waals surface area contributed by atoms with Crippen LogP contribution in [-0.2, 0) is 4.79 Å². The Labute approximate surface area is 118 Å². The molecule has 0 aliphatic heterocycles. The third-order valence-electron chi connectivity index (χ3n) is 3.10. The highest BCUT2D eigenvalue weighted by Gasteiger charge is 2.07. The Morgan fingerprint density at radius 3 is 2.95 bits per heavy atom. The molecule has 1 aromatic rings. The molecule has 1 amide bonds. The minimum atomic E-state index is -0.472. The van der Waals surface area contributed by atoms with Crippen molar-refractivity contribution in [2.45, 2.75) is 32.1 Å². The smallest absolute Gasteiger partial charge is 0.276 e. The Bertz CT molecular complexity index is 489. The van der Waals surface area contributed by atoms with Gasteiger partial charge < -0.3 is 10.2 Å². The molecule has 0 saturated carbocycles. The van der Waals surface area contributed by atoms with Crippen molar-refractivity contribution in [3.8, 4) is 5.75 Å². The van der Waals surface area contributed by atoms with Crippen molar-refractivity contribution in [2.24, 2.45) is 0 Å². The summed E-state index contributed by atoms with van der Waals surface area (Å²) in [6.07, 6.45) is 7.60. The Morgan fingerprint density at radius 1 is 1.25 bits per heavy atom. The number of hydrogen-bond acceptors (Lipinski definition) is 3. The predicted molar refractivity (Wildman–Crippen MR) is 74.3 cm³/mol. The van der Waals surface area contributed by atoms with Crippen molar-refractivity contribution in [1.82, 2.24) is 10.9 Å². The molecule has 0 saturated heterocycles. The van der Waals surface area contributed by atoms with Crippen LogP contribution in [0.25, 0.3) is 0 Å². The van der Waals surface area contributed by atoms with E-state index in [9.17, 15) is 9.18 Å². The maximum absolute atomic E-state index is 13.3. The summed E-state index contributed by atoms with van der Waals surface area (Å²) in [5.74, 6) is -0.727. The molecular weight excluding hydrogens is 259 g/mol. The second kappa shape index (κ2) is 7.53. The van der Waals surface area contributed by atoms with Gasteiger partial charge in [-0.2, -0.15) is 0 Å². The summed E-state index contributed by atoms with van der Waals surface area (Å²) in [5, 5.41) is 0. The summed E-state index contributed by atoms with van der Waals surface area (Å²) < 4.78 is 18.4. The second-order valence-corrected chi connectivity index (χ2v) is 4.72. The predicted octanol–water partition coefficient (Wildman–Crippen LogP) is 2.67. The molecule has 20 heavy (non-hydrogen) atoms. The van der Waals surface area contributed by atoms with E-state index in [1.54, 1.807) is 12.1 Å². The number of hydrogen-bond donors (Lipinski definition) is 2. The first kappa shape index (κ1) is 14.4. The summed E-state index contributed by atoms with van der Waals surface area (Å²) >= 11 is 0. The van der Waals surface area contributed by atoms with Crippen molar-refractivity contribution in [3.63, 3.8) is 0 Å². The van der Waals surface area contributed by atoms with Gasteiger partial charge in [0, 0.05) is 5.70 Å². The summed E-state index contributed by atoms with van der Waals surface area (Å²) in [5.41, 5.74) is 6.49. The molecule has 1 aliphatic carbocycles. The molecule has 0 bridgehead atoms. The third kappa shape index (κ3) is 4.57. The number of carbonyl (C=O) groups is 1. The zero-order valence-corrected chi connectivity index (χ0v) is 11.3. The molecule has 0 atom stereocenters. The highest BCUT2D eigenvalue weighted by atomic mass is 19.1. The SMILES string of the molecule is O=C(COc1ccccc1F)NNC1=CCCCCC1. The van der Waals surface area contributed by atoms with Gasteiger partial charge in [0.1, 0.15) is 0 Å². The monoisotopic (exact) mass is 278 g/mol. The number of benzene rings is 1. The van der Waals surface area contributed by atoms with Crippen LogP contribution < -0.4 is 15.6 Å². The van der Waals surface area contributed by atoms with Crippen LogP contribution >= 0.6 is 0 Å². The Morgan fingerprint density at radius 2 is 2.10 bits per heavy atom. The van der Waals surface area contributed by atoms with Crippen LogP contribution in [0, 0.1) is 5.82 Å². The minimum absolute atomic E-state index is 0.0799. The van der Waals surface area contributed by atoms with Gasteiger partial charge in [-0.3, -0.25) is 10.2 Å². The topological polar surface area (TPSA) is 50.4 Å². The van der Waals surface area contributed by atoms with Crippen molar-refractivity contribution in [2.75, 3.05) is 6.61 Å². The van der Waals surface area contributed by atoms with Gasteiger partial charge in [-0.1, -0.05) is 24.6 Å². The van der Waals surface area contributed by atoms with E-state index in [1.165, 1.54) is 25.0 Å². The van der Waals surface area contributed by atoms with E-state index in [0.717, 1.165) is 25.0 Å². The summed E-state index contributed by atoms with van der Waals surface area (Å²) in [6.45, 7) is -0.221. The number of halogens is 1. The minimum Gasteiger partial charge on any atom is -0.481 e. The fraction of sp³-hybridized carbons (Fsp3) is 0.400. The van der Waals surface area contributed by atoms with Gasteiger partial charge >= 0.3 is 0 Å². The number of nitrogens with one attached hydrogen (secondary N) is 2. The van der Waals surface area contributed by atoms with Crippen LogP contribution in [-0.4, -0.2) is 12.5 Å². The van der Waals surface area contributed by atoms with E-state index < -0.39 is 5.82 Å². The zero-order chi connectivity index (χ0) is 14.2. The van der Waals surface area contributed by atoms with Crippen molar-refractivity contribution >= 4 is 5.91 Å². The number of hydrazine groups is 1. The lowest BCUT2D eigenvalue weighted by Gasteiger charge is -2.12. The Hall–Kier alpha value is -2.04. The zero-order valence-electron chi connectivity index (χ0n) is 11.3. The van der Waals surface area contributed by atoms with E-state index in [1.807, 2.05) is 0 Å². The Balaban J connectivity index is 1.73. The van der Waals surface area contributed by atoms with Gasteiger partial charge in [0.05, 0.1) is 0 Å².